The molecule has 0 nitrogen and oxygen atoms in total. The molecule has 0 bridgehead atoms. The van der Waals surface area contributed by atoms with Crippen molar-refractivity contribution in [2.24, 2.45) is 0 Å². The fourth-order valence-electron chi connectivity index (χ4n) is 10.9. The van der Waals surface area contributed by atoms with Crippen LogP contribution in [0.4, 0.5) is 0 Å². The van der Waals surface area contributed by atoms with Crippen LogP contribution < -0.4 is 10.4 Å². The van der Waals surface area contributed by atoms with Gasteiger partial charge in [-0.3, -0.25) is 0 Å². The van der Waals surface area contributed by atoms with Crippen LogP contribution in [0.5, 0.6) is 0 Å². The van der Waals surface area contributed by atoms with Gasteiger partial charge in [-0.2, -0.15) is 0 Å². The number of fused-ring (bicyclic) bond motifs is 8. The molecule has 12 rings (SSSR count). The summed E-state index contributed by atoms with van der Waals surface area (Å²) in [6, 6.07) is 61.0. The van der Waals surface area contributed by atoms with Gasteiger partial charge in [0.25, 0.3) is 0 Å². The number of rotatable bonds is 5. The van der Waals surface area contributed by atoms with Crippen LogP contribution in [0.15, 0.2) is 163 Å². The Labute approximate surface area is 336 Å². The SMILES string of the molecule is CC[Si]1c2cc3c(c(-c4cccc5ccccc45)c21)C(C1C(C)=Cc2c(-c4cccc5ccccc45)ccc(C)c21)C(c1ccc2c(ccc4ccccc42)c1)=C3. The molecule has 2 unspecified atom stereocenters. The fraction of sp³-hybridized carbons (Fsp3) is 0.107. The van der Waals surface area contributed by atoms with E-state index in [1.165, 1.54) is 116 Å². The Morgan fingerprint density at radius 3 is 1.88 bits per heavy atom. The topological polar surface area (TPSA) is 0 Å². The lowest BCUT2D eigenvalue weighted by atomic mass is 9.72. The highest BCUT2D eigenvalue weighted by atomic mass is 28.3. The van der Waals surface area contributed by atoms with Gasteiger partial charge in [-0.15, -0.1) is 0 Å². The highest BCUT2D eigenvalue weighted by Crippen LogP contribution is 2.59. The van der Waals surface area contributed by atoms with Crippen molar-refractivity contribution in [3.63, 3.8) is 0 Å². The zero-order chi connectivity index (χ0) is 37.9. The molecule has 269 valence electrons. The predicted octanol–water partition coefficient (Wildman–Crippen LogP) is 13.7. The van der Waals surface area contributed by atoms with E-state index in [1.54, 1.807) is 10.4 Å². The molecule has 3 aliphatic rings. The first-order valence-corrected chi connectivity index (χ1v) is 22.3. The lowest BCUT2D eigenvalue weighted by Gasteiger charge is -2.30. The summed E-state index contributed by atoms with van der Waals surface area (Å²) in [6.07, 6.45) is 5.14. The van der Waals surface area contributed by atoms with Gasteiger partial charge in [-0.25, -0.2) is 0 Å². The minimum Gasteiger partial charge on any atom is -0.0673 e. The van der Waals surface area contributed by atoms with Crippen LogP contribution in [0.3, 0.4) is 0 Å². The average Bonchev–Trinajstić information content (AvgIpc) is 3.66. The van der Waals surface area contributed by atoms with E-state index in [0.29, 0.717) is 0 Å². The molecular weight excluding hydrogens is 701 g/mol. The highest BCUT2D eigenvalue weighted by Gasteiger charge is 2.46. The van der Waals surface area contributed by atoms with Gasteiger partial charge in [-0.05, 0) is 129 Å². The van der Waals surface area contributed by atoms with Crippen molar-refractivity contribution >= 4 is 80.0 Å². The van der Waals surface area contributed by atoms with Crippen LogP contribution in [0.25, 0.3) is 83.1 Å². The Balaban J connectivity index is 1.13. The second kappa shape index (κ2) is 12.4. The molecule has 1 heterocycles. The molecule has 0 saturated heterocycles. The van der Waals surface area contributed by atoms with E-state index in [4.69, 9.17) is 0 Å². The van der Waals surface area contributed by atoms with Crippen LogP contribution in [0, 0.1) is 6.92 Å². The van der Waals surface area contributed by atoms with Crippen LogP contribution in [-0.4, -0.2) is 8.80 Å². The summed E-state index contributed by atoms with van der Waals surface area (Å²) < 4.78 is 0. The lowest BCUT2D eigenvalue weighted by Crippen LogP contribution is -2.16. The quantitative estimate of drug-likeness (QED) is 0.122. The third kappa shape index (κ3) is 4.79. The molecule has 0 fully saturated rings. The Hall–Kier alpha value is -6.28. The van der Waals surface area contributed by atoms with Gasteiger partial charge in [0.1, 0.15) is 8.80 Å². The molecule has 1 radical (unpaired) electrons. The number of allylic oxidation sites excluding steroid dienone is 2. The van der Waals surface area contributed by atoms with E-state index < -0.39 is 8.80 Å². The summed E-state index contributed by atoms with van der Waals surface area (Å²) in [5.74, 6) is 0.370. The first-order valence-electron chi connectivity index (χ1n) is 20.6. The molecule has 9 aromatic rings. The maximum absolute atomic E-state index is 2.61. The summed E-state index contributed by atoms with van der Waals surface area (Å²) in [7, 11) is -0.710. The maximum Gasteiger partial charge on any atom is 0.121 e. The summed E-state index contributed by atoms with van der Waals surface area (Å²) >= 11 is 0. The number of hydrogen-bond acceptors (Lipinski definition) is 0. The van der Waals surface area contributed by atoms with Crippen molar-refractivity contribution < 1.29 is 0 Å². The van der Waals surface area contributed by atoms with Gasteiger partial charge < -0.3 is 0 Å². The normalized spacial score (nSPS) is 16.9. The number of benzene rings is 9. The van der Waals surface area contributed by atoms with E-state index in [1.807, 2.05) is 0 Å². The second-order valence-corrected chi connectivity index (χ2v) is 19.2. The molecule has 0 spiro atoms. The molecule has 57 heavy (non-hydrogen) atoms. The molecule has 1 heteroatoms. The molecule has 9 aromatic carbocycles. The first kappa shape index (κ1) is 32.9. The van der Waals surface area contributed by atoms with Crippen LogP contribution in [0.1, 0.15) is 59.1 Å². The van der Waals surface area contributed by atoms with Gasteiger partial charge in [-0.1, -0.05) is 188 Å². The van der Waals surface area contributed by atoms with E-state index in [9.17, 15) is 0 Å². The van der Waals surface area contributed by atoms with E-state index in [-0.39, 0.29) is 11.8 Å². The van der Waals surface area contributed by atoms with Crippen LogP contribution in [0.2, 0.25) is 6.04 Å². The summed E-state index contributed by atoms with van der Waals surface area (Å²) in [5, 5.41) is 13.8. The van der Waals surface area contributed by atoms with E-state index in [0.717, 1.165) is 0 Å². The minimum absolute atomic E-state index is 0.164. The maximum atomic E-state index is 2.61. The van der Waals surface area contributed by atoms with Gasteiger partial charge in [0.2, 0.25) is 0 Å². The molecular formula is C56H41Si. The van der Waals surface area contributed by atoms with Crippen molar-refractivity contribution in [1.82, 2.24) is 0 Å². The van der Waals surface area contributed by atoms with Crippen molar-refractivity contribution in [3.8, 4) is 22.3 Å². The van der Waals surface area contributed by atoms with Gasteiger partial charge in [0.05, 0.1) is 0 Å². The van der Waals surface area contributed by atoms with Crippen molar-refractivity contribution in [3.05, 3.63) is 197 Å². The van der Waals surface area contributed by atoms with E-state index >= 15 is 0 Å². The summed E-state index contributed by atoms with van der Waals surface area (Å²) in [6.45, 7) is 7.16. The summed E-state index contributed by atoms with van der Waals surface area (Å²) in [4.78, 5) is 0. The van der Waals surface area contributed by atoms with Crippen LogP contribution >= 0.6 is 0 Å². The number of hydrogen-bond donors (Lipinski definition) is 0. The lowest BCUT2D eigenvalue weighted by molar-refractivity contribution is 0.734. The molecule has 2 aliphatic carbocycles. The van der Waals surface area contributed by atoms with E-state index in [2.05, 4.69) is 191 Å². The molecule has 0 N–H and O–H groups in total. The molecule has 0 aromatic heterocycles. The molecule has 0 saturated carbocycles. The van der Waals surface area contributed by atoms with Gasteiger partial charge in [0.15, 0.2) is 0 Å². The third-order valence-electron chi connectivity index (χ3n) is 13.5. The van der Waals surface area contributed by atoms with Crippen molar-refractivity contribution in [1.29, 1.82) is 0 Å². The van der Waals surface area contributed by atoms with Gasteiger partial charge in [0, 0.05) is 11.8 Å². The third-order valence-corrected chi connectivity index (χ3v) is 16.1. The largest absolute Gasteiger partial charge is 0.121 e. The van der Waals surface area contributed by atoms with Crippen LogP contribution in [-0.2, 0) is 0 Å². The zero-order valence-corrected chi connectivity index (χ0v) is 33.5. The standard InChI is InChI=1S/C56H41Si/c1-4-57-50-32-40-31-48(39-26-28-44-38(30-39)25-24-37-15-7-8-18-41(37)44)54(53(40)55(56(50)57)47-22-12-17-36-14-6-10-20-43(36)47)52-34(3)29-49-46(27-23-33(2)51(49)52)45-21-11-16-35-13-5-9-19-42(35)45/h5-32,52,54H,4H2,1-3H3. The average molecular weight is 742 g/mol. The first-order chi connectivity index (χ1) is 28.1. The second-order valence-electron chi connectivity index (χ2n) is 16.5. The Morgan fingerprint density at radius 2 is 1.12 bits per heavy atom. The Morgan fingerprint density at radius 1 is 0.491 bits per heavy atom. The number of aryl methyl sites for hydroxylation is 1. The smallest absolute Gasteiger partial charge is 0.0673 e. The minimum atomic E-state index is -0.710. The van der Waals surface area contributed by atoms with Gasteiger partial charge >= 0.3 is 0 Å². The molecule has 0 amide bonds. The molecule has 1 aliphatic heterocycles. The zero-order valence-electron chi connectivity index (χ0n) is 32.5. The molecule has 2 atom stereocenters. The van der Waals surface area contributed by atoms with Crippen molar-refractivity contribution in [2.75, 3.05) is 0 Å². The van der Waals surface area contributed by atoms with Crippen molar-refractivity contribution in [2.45, 2.75) is 38.7 Å². The fourth-order valence-corrected chi connectivity index (χ4v) is 13.5. The summed E-state index contributed by atoms with van der Waals surface area (Å²) in [5.41, 5.74) is 17.0. The monoisotopic (exact) mass is 741 g/mol. The Bertz CT molecular complexity index is 3260. The highest BCUT2D eigenvalue weighted by molar-refractivity contribution is 7.03. The Kier molecular flexibility index (Phi) is 7.14. The predicted molar refractivity (Wildman–Crippen MR) is 247 cm³/mol.